The van der Waals surface area contributed by atoms with E-state index in [4.69, 9.17) is 5.73 Å². The zero-order chi connectivity index (χ0) is 15.2. The molecule has 2 aliphatic rings. The number of amides is 2. The summed E-state index contributed by atoms with van der Waals surface area (Å²) in [5, 5.41) is 0. The molecule has 0 aromatic carbocycles. The lowest BCUT2D eigenvalue weighted by Crippen LogP contribution is -2.50. The van der Waals surface area contributed by atoms with Crippen LogP contribution in [-0.4, -0.2) is 78.9 Å². The minimum atomic E-state index is -0.256. The largest absolute Gasteiger partial charge is 0.370 e. The van der Waals surface area contributed by atoms with Gasteiger partial charge in [-0.1, -0.05) is 6.42 Å². The highest BCUT2D eigenvalue weighted by atomic mass is 16.2. The van der Waals surface area contributed by atoms with E-state index in [2.05, 4.69) is 16.8 Å². The van der Waals surface area contributed by atoms with E-state index in [1.807, 2.05) is 4.90 Å². The molecule has 6 heteroatoms. The molecule has 0 aliphatic carbocycles. The highest BCUT2D eigenvalue weighted by Gasteiger charge is 2.26. The predicted molar refractivity (Wildman–Crippen MR) is 81.7 cm³/mol. The van der Waals surface area contributed by atoms with Gasteiger partial charge in [-0.3, -0.25) is 14.5 Å². The monoisotopic (exact) mass is 296 g/mol. The maximum absolute atomic E-state index is 12.4. The average molecular weight is 296 g/mol. The molecular weight excluding hydrogens is 268 g/mol. The first-order chi connectivity index (χ1) is 10.1. The smallest absolute Gasteiger partial charge is 0.224 e. The normalized spacial score (nSPS) is 25.0. The maximum Gasteiger partial charge on any atom is 0.224 e. The van der Waals surface area contributed by atoms with Crippen LogP contribution in [0.15, 0.2) is 0 Å². The Balaban J connectivity index is 1.71. The number of carbonyl (C=O) groups excluding carboxylic acids is 2. The number of piperidine rings is 1. The number of primary amides is 1. The number of carbonyl (C=O) groups is 2. The summed E-state index contributed by atoms with van der Waals surface area (Å²) < 4.78 is 0. The molecule has 2 saturated heterocycles. The van der Waals surface area contributed by atoms with E-state index in [0.717, 1.165) is 39.1 Å². The van der Waals surface area contributed by atoms with E-state index in [-0.39, 0.29) is 11.8 Å². The SMILES string of the molecule is CN1CCCC[C@H]1CC(=O)N1CCN(CCC(N)=O)CC1. The van der Waals surface area contributed by atoms with E-state index in [9.17, 15) is 9.59 Å². The Morgan fingerprint density at radius 2 is 1.81 bits per heavy atom. The molecule has 0 bridgehead atoms. The zero-order valence-corrected chi connectivity index (χ0v) is 13.1. The molecule has 0 unspecified atom stereocenters. The summed E-state index contributed by atoms with van der Waals surface area (Å²) in [6, 6.07) is 0.416. The molecule has 0 spiro atoms. The summed E-state index contributed by atoms with van der Waals surface area (Å²) in [7, 11) is 2.12. The molecule has 0 aromatic rings. The lowest BCUT2D eigenvalue weighted by Gasteiger charge is -2.37. The molecule has 2 rings (SSSR count). The molecule has 0 radical (unpaired) electrons. The van der Waals surface area contributed by atoms with Crippen LogP contribution in [0.4, 0.5) is 0 Å². The number of likely N-dealkylation sites (tertiary alicyclic amines) is 1. The van der Waals surface area contributed by atoms with Gasteiger partial charge in [0.25, 0.3) is 0 Å². The van der Waals surface area contributed by atoms with Crippen molar-refractivity contribution in [2.24, 2.45) is 5.73 Å². The fourth-order valence-electron chi connectivity index (χ4n) is 3.22. The van der Waals surface area contributed by atoms with Crippen molar-refractivity contribution in [3.05, 3.63) is 0 Å². The van der Waals surface area contributed by atoms with E-state index in [0.29, 0.717) is 25.4 Å². The van der Waals surface area contributed by atoms with Gasteiger partial charge >= 0.3 is 0 Å². The Kier molecular flexibility index (Phi) is 5.99. The Bertz CT molecular complexity index is 367. The van der Waals surface area contributed by atoms with E-state index in [1.165, 1.54) is 12.8 Å². The van der Waals surface area contributed by atoms with Crippen LogP contribution in [0.2, 0.25) is 0 Å². The predicted octanol–water partition coefficient (Wildman–Crippen LogP) is -0.120. The van der Waals surface area contributed by atoms with Crippen LogP contribution in [0, 0.1) is 0 Å². The van der Waals surface area contributed by atoms with Crippen molar-refractivity contribution < 1.29 is 9.59 Å². The number of nitrogens with zero attached hydrogens (tertiary/aromatic N) is 3. The molecule has 2 heterocycles. The molecular formula is C15H28N4O2. The van der Waals surface area contributed by atoms with E-state index in [1.54, 1.807) is 0 Å². The first-order valence-corrected chi connectivity index (χ1v) is 8.05. The van der Waals surface area contributed by atoms with Crippen LogP contribution in [0.3, 0.4) is 0 Å². The third kappa shape index (κ3) is 4.97. The highest BCUT2D eigenvalue weighted by Crippen LogP contribution is 2.19. The zero-order valence-electron chi connectivity index (χ0n) is 13.1. The lowest BCUT2D eigenvalue weighted by molar-refractivity contribution is -0.134. The molecule has 2 N–H and O–H groups in total. The van der Waals surface area contributed by atoms with Gasteiger partial charge in [-0.25, -0.2) is 0 Å². The van der Waals surface area contributed by atoms with Gasteiger partial charge in [-0.2, -0.15) is 0 Å². The van der Waals surface area contributed by atoms with Crippen molar-refractivity contribution in [1.29, 1.82) is 0 Å². The fraction of sp³-hybridized carbons (Fsp3) is 0.867. The van der Waals surface area contributed by atoms with Gasteiger partial charge in [0, 0.05) is 51.6 Å². The van der Waals surface area contributed by atoms with E-state index < -0.39 is 0 Å². The van der Waals surface area contributed by atoms with Crippen molar-refractivity contribution in [2.45, 2.75) is 38.1 Å². The summed E-state index contributed by atoms with van der Waals surface area (Å²) in [5.41, 5.74) is 5.17. The van der Waals surface area contributed by atoms with Crippen molar-refractivity contribution in [1.82, 2.24) is 14.7 Å². The molecule has 0 aromatic heterocycles. The Hall–Kier alpha value is -1.14. The Morgan fingerprint density at radius 1 is 1.10 bits per heavy atom. The highest BCUT2D eigenvalue weighted by molar-refractivity contribution is 5.77. The number of piperazine rings is 1. The third-order valence-corrected chi connectivity index (χ3v) is 4.73. The molecule has 0 saturated carbocycles. The fourth-order valence-corrected chi connectivity index (χ4v) is 3.22. The van der Waals surface area contributed by atoms with Crippen molar-refractivity contribution >= 4 is 11.8 Å². The molecule has 21 heavy (non-hydrogen) atoms. The third-order valence-electron chi connectivity index (χ3n) is 4.73. The van der Waals surface area contributed by atoms with Gasteiger partial charge in [0.2, 0.25) is 11.8 Å². The summed E-state index contributed by atoms with van der Waals surface area (Å²) in [4.78, 5) is 29.7. The van der Waals surface area contributed by atoms with Crippen LogP contribution in [0.25, 0.3) is 0 Å². The topological polar surface area (TPSA) is 69.9 Å². The number of hydrogen-bond donors (Lipinski definition) is 1. The lowest BCUT2D eigenvalue weighted by atomic mass is 9.99. The van der Waals surface area contributed by atoms with Crippen LogP contribution < -0.4 is 5.73 Å². The summed E-state index contributed by atoms with van der Waals surface area (Å²) in [6.45, 7) is 5.06. The Labute approximate surface area is 127 Å². The first-order valence-electron chi connectivity index (χ1n) is 8.05. The van der Waals surface area contributed by atoms with Crippen LogP contribution in [0.1, 0.15) is 32.1 Å². The molecule has 2 fully saturated rings. The molecule has 2 aliphatic heterocycles. The van der Waals surface area contributed by atoms with Crippen molar-refractivity contribution in [3.8, 4) is 0 Å². The maximum atomic E-state index is 12.4. The minimum Gasteiger partial charge on any atom is -0.370 e. The number of nitrogens with two attached hydrogens (primary N) is 1. The van der Waals surface area contributed by atoms with Crippen LogP contribution in [-0.2, 0) is 9.59 Å². The van der Waals surface area contributed by atoms with Gasteiger partial charge in [0.05, 0.1) is 0 Å². The van der Waals surface area contributed by atoms with Gasteiger partial charge in [-0.05, 0) is 26.4 Å². The van der Waals surface area contributed by atoms with Gasteiger partial charge in [0.1, 0.15) is 0 Å². The van der Waals surface area contributed by atoms with Crippen molar-refractivity contribution in [2.75, 3.05) is 46.3 Å². The summed E-state index contributed by atoms with van der Waals surface area (Å²) in [6.07, 6.45) is 4.68. The minimum absolute atomic E-state index is 0.256. The summed E-state index contributed by atoms with van der Waals surface area (Å²) >= 11 is 0. The quantitative estimate of drug-likeness (QED) is 0.768. The van der Waals surface area contributed by atoms with Crippen molar-refractivity contribution in [3.63, 3.8) is 0 Å². The molecule has 2 amide bonds. The van der Waals surface area contributed by atoms with Crippen LogP contribution in [0.5, 0.6) is 0 Å². The van der Waals surface area contributed by atoms with E-state index >= 15 is 0 Å². The van der Waals surface area contributed by atoms with Gasteiger partial charge < -0.3 is 15.5 Å². The standard InChI is InChI=1S/C15H28N4O2/c1-17-6-3-2-4-13(17)12-15(21)19-10-8-18(9-11-19)7-5-14(16)20/h13H,2-12H2,1H3,(H2,16,20)/t13-/m0/s1. The Morgan fingerprint density at radius 3 is 2.43 bits per heavy atom. The van der Waals surface area contributed by atoms with Crippen LogP contribution >= 0.6 is 0 Å². The number of rotatable bonds is 5. The second-order valence-corrected chi connectivity index (χ2v) is 6.27. The second kappa shape index (κ2) is 7.75. The molecule has 6 nitrogen and oxygen atoms in total. The second-order valence-electron chi connectivity index (χ2n) is 6.27. The average Bonchev–Trinajstić information content (AvgIpc) is 2.48. The van der Waals surface area contributed by atoms with Gasteiger partial charge in [0.15, 0.2) is 0 Å². The molecule has 1 atom stereocenters. The first kappa shape index (κ1) is 16.2. The molecule has 120 valence electrons. The van der Waals surface area contributed by atoms with Gasteiger partial charge in [-0.15, -0.1) is 0 Å². The summed E-state index contributed by atoms with van der Waals surface area (Å²) in [5.74, 6) is 0.0251. The number of hydrogen-bond acceptors (Lipinski definition) is 4.